The van der Waals surface area contributed by atoms with E-state index in [1.54, 1.807) is 0 Å². The van der Waals surface area contributed by atoms with Crippen molar-refractivity contribution in [3.8, 4) is 0 Å². The van der Waals surface area contributed by atoms with Gasteiger partial charge in [0.25, 0.3) is 0 Å². The average Bonchev–Trinajstić information content (AvgIpc) is 3.24. The van der Waals surface area contributed by atoms with Crippen LogP contribution in [0.15, 0.2) is 4.52 Å². The normalized spacial score (nSPS) is 21.3. The van der Waals surface area contributed by atoms with E-state index in [4.69, 9.17) is 4.52 Å². The lowest BCUT2D eigenvalue weighted by molar-refractivity contribution is 0.0826. The van der Waals surface area contributed by atoms with Crippen LogP contribution in [0.1, 0.15) is 55.1 Å². The number of nitrogens with zero attached hydrogens (tertiary/aromatic N) is 7. The van der Waals surface area contributed by atoms with E-state index in [1.165, 1.54) is 12.8 Å². The maximum atomic E-state index is 5.31. The predicted molar refractivity (Wildman–Crippen MR) is 87.3 cm³/mol. The SMILES string of the molecule is Cc1noc([C@@H](C)N2CCN(Cc3nnc(C4CC4)n3C)CC2)n1. The zero-order valence-electron chi connectivity index (χ0n) is 14.6. The molecule has 0 bridgehead atoms. The summed E-state index contributed by atoms with van der Waals surface area (Å²) in [5, 5.41) is 12.7. The molecule has 24 heavy (non-hydrogen) atoms. The molecule has 2 aromatic rings. The standard InChI is InChI=1S/C16H25N7O/c1-11(16-17-12(2)20-24-16)23-8-6-22(7-9-23)10-14-18-19-15(21(14)3)13-4-5-13/h11,13H,4-10H2,1-3H3/t11-/m1/s1. The van der Waals surface area contributed by atoms with Crippen LogP contribution < -0.4 is 0 Å². The molecule has 1 saturated carbocycles. The molecule has 4 rings (SSSR count). The fraction of sp³-hybridized carbons (Fsp3) is 0.750. The molecule has 2 aromatic heterocycles. The molecular weight excluding hydrogens is 306 g/mol. The van der Waals surface area contributed by atoms with Crippen LogP contribution in [0.25, 0.3) is 0 Å². The topological polar surface area (TPSA) is 76.1 Å². The summed E-state index contributed by atoms with van der Waals surface area (Å²) in [5.41, 5.74) is 0. The predicted octanol–water partition coefficient (Wildman–Crippen LogP) is 1.26. The average molecular weight is 331 g/mol. The molecule has 2 aliphatic rings. The lowest BCUT2D eigenvalue weighted by atomic mass is 10.2. The Balaban J connectivity index is 1.33. The molecule has 0 radical (unpaired) electrons. The molecule has 130 valence electrons. The van der Waals surface area contributed by atoms with Crippen molar-refractivity contribution in [2.45, 2.75) is 45.2 Å². The second kappa shape index (κ2) is 6.25. The van der Waals surface area contributed by atoms with Crippen molar-refractivity contribution < 1.29 is 4.52 Å². The summed E-state index contributed by atoms with van der Waals surface area (Å²) >= 11 is 0. The molecule has 0 N–H and O–H groups in total. The van der Waals surface area contributed by atoms with Crippen LogP contribution >= 0.6 is 0 Å². The molecule has 2 fully saturated rings. The third kappa shape index (κ3) is 3.08. The maximum Gasteiger partial charge on any atom is 0.243 e. The molecule has 1 atom stereocenters. The minimum absolute atomic E-state index is 0.171. The molecule has 8 nitrogen and oxygen atoms in total. The fourth-order valence-electron chi connectivity index (χ4n) is 3.36. The molecule has 8 heteroatoms. The first-order chi connectivity index (χ1) is 11.6. The Labute approximate surface area is 141 Å². The third-order valence-corrected chi connectivity index (χ3v) is 5.16. The van der Waals surface area contributed by atoms with Crippen molar-refractivity contribution in [2.24, 2.45) is 7.05 Å². The van der Waals surface area contributed by atoms with E-state index in [0.717, 1.165) is 44.4 Å². The van der Waals surface area contributed by atoms with Crippen LogP contribution in [0.2, 0.25) is 0 Å². The quantitative estimate of drug-likeness (QED) is 0.816. The second-order valence-electron chi connectivity index (χ2n) is 6.98. The maximum absolute atomic E-state index is 5.31. The minimum Gasteiger partial charge on any atom is -0.338 e. The van der Waals surface area contributed by atoms with Crippen molar-refractivity contribution in [1.29, 1.82) is 0 Å². The van der Waals surface area contributed by atoms with Crippen LogP contribution in [-0.4, -0.2) is 60.9 Å². The Bertz CT molecular complexity index is 697. The van der Waals surface area contributed by atoms with Gasteiger partial charge in [-0.15, -0.1) is 10.2 Å². The molecule has 0 aromatic carbocycles. The summed E-state index contributed by atoms with van der Waals surface area (Å²) in [7, 11) is 2.10. The van der Waals surface area contributed by atoms with Gasteiger partial charge in [0, 0.05) is 39.1 Å². The van der Waals surface area contributed by atoms with E-state index in [9.17, 15) is 0 Å². The van der Waals surface area contributed by atoms with Crippen molar-refractivity contribution in [3.05, 3.63) is 23.4 Å². The fourth-order valence-corrected chi connectivity index (χ4v) is 3.36. The molecule has 3 heterocycles. The van der Waals surface area contributed by atoms with Crippen LogP contribution in [0.4, 0.5) is 0 Å². The number of aromatic nitrogens is 5. The number of hydrogen-bond acceptors (Lipinski definition) is 7. The molecule has 1 aliphatic carbocycles. The van der Waals surface area contributed by atoms with Crippen LogP contribution in [-0.2, 0) is 13.6 Å². The van der Waals surface area contributed by atoms with Gasteiger partial charge < -0.3 is 9.09 Å². The lowest BCUT2D eigenvalue weighted by Gasteiger charge is -2.36. The van der Waals surface area contributed by atoms with E-state index in [-0.39, 0.29) is 6.04 Å². The van der Waals surface area contributed by atoms with Crippen molar-refractivity contribution in [1.82, 2.24) is 34.7 Å². The van der Waals surface area contributed by atoms with E-state index in [0.29, 0.717) is 17.6 Å². The number of aryl methyl sites for hydroxylation is 1. The smallest absolute Gasteiger partial charge is 0.243 e. The monoisotopic (exact) mass is 331 g/mol. The van der Waals surface area contributed by atoms with Gasteiger partial charge in [0.05, 0.1) is 12.6 Å². The van der Waals surface area contributed by atoms with Gasteiger partial charge in [0.1, 0.15) is 11.6 Å². The molecule has 1 saturated heterocycles. The zero-order valence-corrected chi connectivity index (χ0v) is 14.6. The van der Waals surface area contributed by atoms with Gasteiger partial charge in [-0.3, -0.25) is 9.80 Å². The Morgan fingerprint density at radius 3 is 2.54 bits per heavy atom. The minimum atomic E-state index is 0.171. The van der Waals surface area contributed by atoms with Crippen molar-refractivity contribution in [3.63, 3.8) is 0 Å². The summed E-state index contributed by atoms with van der Waals surface area (Å²) in [4.78, 5) is 9.20. The lowest BCUT2D eigenvalue weighted by Crippen LogP contribution is -2.47. The number of hydrogen-bond donors (Lipinski definition) is 0. The molecule has 0 spiro atoms. The van der Waals surface area contributed by atoms with Gasteiger partial charge in [-0.25, -0.2) is 0 Å². The molecule has 0 unspecified atom stereocenters. The van der Waals surface area contributed by atoms with Crippen LogP contribution in [0.5, 0.6) is 0 Å². The van der Waals surface area contributed by atoms with Gasteiger partial charge in [0.2, 0.25) is 5.89 Å². The second-order valence-corrected chi connectivity index (χ2v) is 6.98. The number of rotatable bonds is 5. The summed E-state index contributed by atoms with van der Waals surface area (Å²) in [6, 6.07) is 0.171. The number of piperazine rings is 1. The zero-order chi connectivity index (χ0) is 16.7. The largest absolute Gasteiger partial charge is 0.338 e. The Kier molecular flexibility index (Phi) is 4.09. The summed E-state index contributed by atoms with van der Waals surface area (Å²) in [6.45, 7) is 8.89. The highest BCUT2D eigenvalue weighted by Crippen LogP contribution is 2.38. The van der Waals surface area contributed by atoms with Crippen LogP contribution in [0, 0.1) is 6.92 Å². The van der Waals surface area contributed by atoms with E-state index in [1.807, 2.05) is 6.92 Å². The van der Waals surface area contributed by atoms with Gasteiger partial charge in [-0.2, -0.15) is 4.98 Å². The Hall–Kier alpha value is -1.80. The highest BCUT2D eigenvalue weighted by atomic mass is 16.5. The first kappa shape index (κ1) is 15.7. The summed E-state index contributed by atoms with van der Waals surface area (Å²) in [5.74, 6) is 4.29. The Morgan fingerprint density at radius 2 is 1.92 bits per heavy atom. The summed E-state index contributed by atoms with van der Waals surface area (Å²) < 4.78 is 7.50. The third-order valence-electron chi connectivity index (χ3n) is 5.16. The van der Waals surface area contributed by atoms with Gasteiger partial charge in [0.15, 0.2) is 5.82 Å². The van der Waals surface area contributed by atoms with Crippen LogP contribution in [0.3, 0.4) is 0 Å². The highest BCUT2D eigenvalue weighted by molar-refractivity contribution is 5.07. The summed E-state index contributed by atoms with van der Waals surface area (Å²) in [6.07, 6.45) is 2.52. The van der Waals surface area contributed by atoms with Crippen molar-refractivity contribution >= 4 is 0 Å². The van der Waals surface area contributed by atoms with Crippen molar-refractivity contribution in [2.75, 3.05) is 26.2 Å². The van der Waals surface area contributed by atoms with Gasteiger partial charge in [-0.05, 0) is 26.7 Å². The van der Waals surface area contributed by atoms with Gasteiger partial charge >= 0.3 is 0 Å². The van der Waals surface area contributed by atoms with E-state index < -0.39 is 0 Å². The first-order valence-corrected chi connectivity index (χ1v) is 8.76. The molecule has 0 amide bonds. The van der Waals surface area contributed by atoms with E-state index in [2.05, 4.69) is 48.7 Å². The Morgan fingerprint density at radius 1 is 1.17 bits per heavy atom. The molecule has 1 aliphatic heterocycles. The van der Waals surface area contributed by atoms with E-state index >= 15 is 0 Å². The molecular formula is C16H25N7O. The first-order valence-electron chi connectivity index (χ1n) is 8.76. The van der Waals surface area contributed by atoms with Gasteiger partial charge in [-0.1, -0.05) is 5.16 Å². The highest BCUT2D eigenvalue weighted by Gasteiger charge is 2.30.